The normalized spacial score (nSPS) is 10.4. The Hall–Kier alpha value is -1.07. The monoisotopic (exact) mass is 244 g/mol. The highest BCUT2D eigenvalue weighted by Crippen LogP contribution is 2.24. The summed E-state index contributed by atoms with van der Waals surface area (Å²) in [5, 5.41) is 8.89. The van der Waals surface area contributed by atoms with Gasteiger partial charge in [-0.3, -0.25) is 0 Å². The summed E-state index contributed by atoms with van der Waals surface area (Å²) in [6.07, 6.45) is 0.831. The van der Waals surface area contributed by atoms with Gasteiger partial charge in [-0.1, -0.05) is 0 Å². The van der Waals surface area contributed by atoms with Crippen LogP contribution in [-0.2, 0) is 4.74 Å². The molecule has 0 aliphatic carbocycles. The molecule has 0 aliphatic heterocycles. The van der Waals surface area contributed by atoms with E-state index in [1.54, 1.807) is 7.11 Å². The van der Waals surface area contributed by atoms with Crippen LogP contribution in [0.4, 0.5) is 4.39 Å². The molecule has 0 saturated carbocycles. The lowest BCUT2D eigenvalue weighted by molar-refractivity contribution is 0.0692. The van der Waals surface area contributed by atoms with Gasteiger partial charge in [0.25, 0.3) is 0 Å². The molecule has 0 fully saturated rings. The van der Waals surface area contributed by atoms with Crippen LogP contribution in [0.2, 0.25) is 0 Å². The maximum atomic E-state index is 12.9. The van der Waals surface area contributed by atoms with Gasteiger partial charge in [0, 0.05) is 24.4 Å². The van der Waals surface area contributed by atoms with Crippen LogP contribution in [0.5, 0.6) is 0 Å². The SMILES string of the molecule is COCCCSc1ccc(F)cc1C(=O)O. The van der Waals surface area contributed by atoms with Gasteiger partial charge in [0.1, 0.15) is 5.82 Å². The molecule has 0 bridgehead atoms. The molecule has 1 rings (SSSR count). The first-order valence-electron chi connectivity index (χ1n) is 4.79. The van der Waals surface area contributed by atoms with Crippen LogP contribution in [0.15, 0.2) is 23.1 Å². The van der Waals surface area contributed by atoms with Crippen molar-refractivity contribution >= 4 is 17.7 Å². The number of ether oxygens (including phenoxy) is 1. The van der Waals surface area contributed by atoms with E-state index < -0.39 is 11.8 Å². The zero-order valence-electron chi connectivity index (χ0n) is 8.90. The fourth-order valence-corrected chi connectivity index (χ4v) is 2.13. The van der Waals surface area contributed by atoms with E-state index in [9.17, 15) is 9.18 Å². The molecule has 0 spiro atoms. The largest absolute Gasteiger partial charge is 0.478 e. The molecule has 0 saturated heterocycles. The number of benzene rings is 1. The van der Waals surface area contributed by atoms with Crippen molar-refractivity contribution in [1.82, 2.24) is 0 Å². The molecule has 0 aliphatic rings. The fourth-order valence-electron chi connectivity index (χ4n) is 1.18. The summed E-state index contributed by atoms with van der Waals surface area (Å²) in [5.74, 6) is -0.882. The van der Waals surface area contributed by atoms with Crippen LogP contribution in [0, 0.1) is 5.82 Å². The van der Waals surface area contributed by atoms with Crippen LogP contribution in [-0.4, -0.2) is 30.5 Å². The Morgan fingerprint density at radius 3 is 2.94 bits per heavy atom. The second kappa shape index (κ2) is 6.50. The molecular weight excluding hydrogens is 231 g/mol. The maximum Gasteiger partial charge on any atom is 0.336 e. The van der Waals surface area contributed by atoms with E-state index >= 15 is 0 Å². The zero-order valence-corrected chi connectivity index (χ0v) is 9.72. The second-order valence-corrected chi connectivity index (χ2v) is 4.28. The predicted molar refractivity (Wildman–Crippen MR) is 60.6 cm³/mol. The number of carboxylic acid groups (broad SMARTS) is 1. The number of carboxylic acids is 1. The van der Waals surface area contributed by atoms with Gasteiger partial charge in [-0.15, -0.1) is 11.8 Å². The average molecular weight is 244 g/mol. The first kappa shape index (κ1) is 13.0. The van der Waals surface area contributed by atoms with Gasteiger partial charge in [0.05, 0.1) is 5.56 Å². The highest BCUT2D eigenvalue weighted by atomic mass is 32.2. The van der Waals surface area contributed by atoms with Gasteiger partial charge in [-0.25, -0.2) is 9.18 Å². The minimum absolute atomic E-state index is 0.0161. The smallest absolute Gasteiger partial charge is 0.336 e. The molecular formula is C11H13FO3S. The van der Waals surface area contributed by atoms with Gasteiger partial charge in [-0.05, 0) is 24.6 Å². The van der Waals surface area contributed by atoms with Crippen LogP contribution < -0.4 is 0 Å². The number of rotatable bonds is 6. The Balaban J connectivity index is 2.67. The third kappa shape index (κ3) is 3.83. The molecule has 3 nitrogen and oxygen atoms in total. The van der Waals surface area contributed by atoms with E-state index in [1.165, 1.54) is 23.9 Å². The maximum absolute atomic E-state index is 12.9. The number of aromatic carboxylic acids is 1. The summed E-state index contributed by atoms with van der Waals surface area (Å²) >= 11 is 1.40. The molecule has 1 aromatic rings. The molecule has 0 aromatic heterocycles. The summed E-state index contributed by atoms with van der Waals surface area (Å²) in [6, 6.07) is 3.81. The molecule has 0 heterocycles. The topological polar surface area (TPSA) is 46.5 Å². The molecule has 0 atom stereocenters. The molecule has 0 radical (unpaired) electrons. The van der Waals surface area contributed by atoms with Gasteiger partial charge >= 0.3 is 5.97 Å². The second-order valence-electron chi connectivity index (χ2n) is 3.14. The van der Waals surface area contributed by atoms with Crippen molar-refractivity contribution in [1.29, 1.82) is 0 Å². The van der Waals surface area contributed by atoms with Crippen LogP contribution in [0.1, 0.15) is 16.8 Å². The third-order valence-corrected chi connectivity index (χ3v) is 3.08. The lowest BCUT2D eigenvalue weighted by Gasteiger charge is -2.05. The van der Waals surface area contributed by atoms with Crippen molar-refractivity contribution in [2.75, 3.05) is 19.5 Å². The lowest BCUT2D eigenvalue weighted by Crippen LogP contribution is -2.00. The molecule has 1 N–H and O–H groups in total. The molecule has 88 valence electrons. The summed E-state index contributed by atoms with van der Waals surface area (Å²) in [4.78, 5) is 11.4. The van der Waals surface area contributed by atoms with E-state index in [0.717, 1.165) is 18.2 Å². The zero-order chi connectivity index (χ0) is 12.0. The number of thioether (sulfide) groups is 1. The Labute approximate surface area is 97.6 Å². The van der Waals surface area contributed by atoms with Gasteiger partial charge in [-0.2, -0.15) is 0 Å². The van der Waals surface area contributed by atoms with E-state index in [4.69, 9.17) is 9.84 Å². The van der Waals surface area contributed by atoms with Crippen molar-refractivity contribution in [3.63, 3.8) is 0 Å². The third-order valence-electron chi connectivity index (χ3n) is 1.92. The van der Waals surface area contributed by atoms with E-state index in [2.05, 4.69) is 0 Å². The van der Waals surface area contributed by atoms with Crippen LogP contribution in [0.3, 0.4) is 0 Å². The highest BCUT2D eigenvalue weighted by Gasteiger charge is 2.11. The summed E-state index contributed by atoms with van der Waals surface area (Å²) in [6.45, 7) is 0.636. The van der Waals surface area contributed by atoms with E-state index in [0.29, 0.717) is 11.5 Å². The molecule has 0 amide bonds. The molecule has 16 heavy (non-hydrogen) atoms. The van der Waals surface area contributed by atoms with Crippen LogP contribution >= 0.6 is 11.8 Å². The van der Waals surface area contributed by atoms with Crippen molar-refractivity contribution < 1.29 is 19.0 Å². The first-order chi connectivity index (χ1) is 7.65. The fraction of sp³-hybridized carbons (Fsp3) is 0.364. The standard InChI is InChI=1S/C11H13FO3S/c1-15-5-2-6-16-10-4-3-8(12)7-9(10)11(13)14/h3-4,7H,2,5-6H2,1H3,(H,13,14). The van der Waals surface area contributed by atoms with Crippen molar-refractivity contribution in [3.8, 4) is 0 Å². The van der Waals surface area contributed by atoms with E-state index in [1.807, 2.05) is 0 Å². The molecule has 0 unspecified atom stereocenters. The Bertz CT molecular complexity index is 368. The van der Waals surface area contributed by atoms with Gasteiger partial charge in [0.2, 0.25) is 0 Å². The Morgan fingerprint density at radius 2 is 2.31 bits per heavy atom. The van der Waals surface area contributed by atoms with Crippen molar-refractivity contribution in [2.45, 2.75) is 11.3 Å². The number of carbonyl (C=O) groups is 1. The first-order valence-corrected chi connectivity index (χ1v) is 5.78. The molecule has 5 heteroatoms. The Kier molecular flexibility index (Phi) is 5.28. The number of methoxy groups -OCH3 is 1. The average Bonchev–Trinajstić information content (AvgIpc) is 2.26. The number of halogens is 1. The Morgan fingerprint density at radius 1 is 1.56 bits per heavy atom. The highest BCUT2D eigenvalue weighted by molar-refractivity contribution is 7.99. The summed E-state index contributed by atoms with van der Waals surface area (Å²) < 4.78 is 17.7. The molecule has 1 aromatic carbocycles. The van der Waals surface area contributed by atoms with Crippen LogP contribution in [0.25, 0.3) is 0 Å². The minimum Gasteiger partial charge on any atom is -0.478 e. The van der Waals surface area contributed by atoms with E-state index in [-0.39, 0.29) is 5.56 Å². The van der Waals surface area contributed by atoms with Gasteiger partial charge in [0.15, 0.2) is 0 Å². The number of hydrogen-bond acceptors (Lipinski definition) is 3. The van der Waals surface area contributed by atoms with Crippen molar-refractivity contribution in [2.24, 2.45) is 0 Å². The summed E-state index contributed by atoms with van der Waals surface area (Å²) in [5.41, 5.74) is 0.0161. The summed E-state index contributed by atoms with van der Waals surface area (Å²) in [7, 11) is 1.62. The minimum atomic E-state index is -1.10. The quantitative estimate of drug-likeness (QED) is 0.617. The van der Waals surface area contributed by atoms with Gasteiger partial charge < -0.3 is 9.84 Å². The predicted octanol–water partition coefficient (Wildman–Crippen LogP) is 2.65. The lowest BCUT2D eigenvalue weighted by atomic mass is 10.2. The van der Waals surface area contributed by atoms with Crippen molar-refractivity contribution in [3.05, 3.63) is 29.6 Å². The number of hydrogen-bond donors (Lipinski definition) is 1.